The van der Waals surface area contributed by atoms with E-state index >= 15 is 0 Å². The number of rotatable bonds is 5. The van der Waals surface area contributed by atoms with Gasteiger partial charge in [-0.2, -0.15) is 0 Å². The average Bonchev–Trinajstić information content (AvgIpc) is 2.26. The van der Waals surface area contributed by atoms with Gasteiger partial charge in [0.1, 0.15) is 4.90 Å². The summed E-state index contributed by atoms with van der Waals surface area (Å²) in [7, 11) is -2.71. The minimum atomic E-state index is -3.92. The highest BCUT2D eigenvalue weighted by atomic mass is 35.5. The molecular weight excluding hydrogens is 315 g/mol. The highest BCUT2D eigenvalue weighted by Crippen LogP contribution is 2.31. The number of nitrogens with two attached hydrogens (primary N) is 1. The van der Waals surface area contributed by atoms with Crippen molar-refractivity contribution < 1.29 is 17.9 Å². The number of halogens is 2. The van der Waals surface area contributed by atoms with Crippen molar-refractivity contribution >= 4 is 44.9 Å². The average molecular weight is 327 g/mol. The molecule has 0 aliphatic heterocycles. The number of anilines is 1. The van der Waals surface area contributed by atoms with Crippen molar-refractivity contribution in [2.45, 2.75) is 11.3 Å². The molecule has 0 unspecified atom stereocenters. The molecule has 0 fully saturated rings. The van der Waals surface area contributed by atoms with Crippen LogP contribution in [-0.4, -0.2) is 28.0 Å². The quantitative estimate of drug-likeness (QED) is 0.629. The molecule has 0 heterocycles. The standard InChI is InChI=1S/C10H12Cl2N2O4S/c1-18-9(15)2-3-14-19(16,17)10-7(11)4-6(13)5-8(10)12/h4-5,14H,2-3,13H2,1H3. The van der Waals surface area contributed by atoms with Crippen molar-refractivity contribution in [2.24, 2.45) is 0 Å². The Morgan fingerprint density at radius 2 is 1.89 bits per heavy atom. The van der Waals surface area contributed by atoms with E-state index in [0.717, 1.165) is 0 Å². The Balaban J connectivity index is 2.92. The Bertz CT molecular complexity index is 566. The molecule has 0 aliphatic carbocycles. The fourth-order valence-corrected chi connectivity index (χ4v) is 3.56. The van der Waals surface area contributed by atoms with Gasteiger partial charge < -0.3 is 10.5 Å². The summed E-state index contributed by atoms with van der Waals surface area (Å²) in [6, 6.07) is 2.56. The van der Waals surface area contributed by atoms with Crippen LogP contribution in [0.25, 0.3) is 0 Å². The first-order chi connectivity index (χ1) is 8.77. The van der Waals surface area contributed by atoms with Gasteiger partial charge in [-0.25, -0.2) is 13.1 Å². The molecule has 6 nitrogen and oxygen atoms in total. The summed E-state index contributed by atoms with van der Waals surface area (Å²) in [6.07, 6.45) is -0.0973. The highest BCUT2D eigenvalue weighted by Gasteiger charge is 2.22. The summed E-state index contributed by atoms with van der Waals surface area (Å²) in [5.74, 6) is -0.530. The zero-order valence-electron chi connectivity index (χ0n) is 9.94. The largest absolute Gasteiger partial charge is 0.469 e. The first-order valence-electron chi connectivity index (χ1n) is 5.09. The van der Waals surface area contributed by atoms with Gasteiger partial charge in [-0.1, -0.05) is 23.2 Å². The van der Waals surface area contributed by atoms with E-state index in [9.17, 15) is 13.2 Å². The second kappa shape index (κ2) is 6.42. The molecule has 9 heteroatoms. The fourth-order valence-electron chi connectivity index (χ4n) is 1.30. The van der Waals surface area contributed by atoms with Crippen LogP contribution in [0.5, 0.6) is 0 Å². The van der Waals surface area contributed by atoms with Crippen LogP contribution < -0.4 is 10.5 Å². The van der Waals surface area contributed by atoms with Gasteiger partial charge in [0.05, 0.1) is 23.6 Å². The number of nitrogen functional groups attached to an aromatic ring is 1. The van der Waals surface area contributed by atoms with Crippen molar-refractivity contribution in [1.29, 1.82) is 0 Å². The molecule has 19 heavy (non-hydrogen) atoms. The summed E-state index contributed by atoms with van der Waals surface area (Å²) in [6.45, 7) is -0.119. The Labute approximate surface area is 120 Å². The molecule has 0 bridgehead atoms. The van der Waals surface area contributed by atoms with Crippen LogP contribution in [0.1, 0.15) is 6.42 Å². The molecule has 0 atom stereocenters. The van der Waals surface area contributed by atoms with Gasteiger partial charge in [0, 0.05) is 12.2 Å². The SMILES string of the molecule is COC(=O)CCNS(=O)(=O)c1c(Cl)cc(N)cc1Cl. The van der Waals surface area contributed by atoms with Crippen molar-refractivity contribution in [3.63, 3.8) is 0 Å². The van der Waals surface area contributed by atoms with Crippen molar-refractivity contribution in [3.8, 4) is 0 Å². The summed E-state index contributed by atoms with van der Waals surface area (Å²) in [5, 5.41) is -0.175. The third-order valence-electron chi connectivity index (χ3n) is 2.14. The normalized spacial score (nSPS) is 11.3. The number of sulfonamides is 1. The number of carbonyl (C=O) groups is 1. The van der Waals surface area contributed by atoms with Gasteiger partial charge in [-0.05, 0) is 12.1 Å². The van der Waals surface area contributed by atoms with Gasteiger partial charge in [0.25, 0.3) is 0 Å². The number of hydrogen-bond donors (Lipinski definition) is 2. The van der Waals surface area contributed by atoms with Crippen LogP contribution in [-0.2, 0) is 19.6 Å². The van der Waals surface area contributed by atoms with Gasteiger partial charge in [0.2, 0.25) is 10.0 Å². The van der Waals surface area contributed by atoms with E-state index in [0.29, 0.717) is 0 Å². The zero-order chi connectivity index (χ0) is 14.6. The third-order valence-corrected chi connectivity index (χ3v) is 4.52. The number of esters is 1. The van der Waals surface area contributed by atoms with Gasteiger partial charge in [-0.15, -0.1) is 0 Å². The van der Waals surface area contributed by atoms with Gasteiger partial charge >= 0.3 is 5.97 Å². The maximum absolute atomic E-state index is 12.0. The van der Waals surface area contributed by atoms with Crippen LogP contribution in [0, 0.1) is 0 Å². The first-order valence-corrected chi connectivity index (χ1v) is 7.33. The molecule has 0 radical (unpaired) electrons. The van der Waals surface area contributed by atoms with Crippen LogP contribution in [0.3, 0.4) is 0 Å². The Morgan fingerprint density at radius 1 is 1.37 bits per heavy atom. The van der Waals surface area contributed by atoms with Crippen LogP contribution in [0.2, 0.25) is 10.0 Å². The monoisotopic (exact) mass is 326 g/mol. The molecule has 0 spiro atoms. The molecule has 1 aromatic rings. The third kappa shape index (κ3) is 4.24. The molecule has 0 aromatic heterocycles. The van der Waals surface area contributed by atoms with Crippen molar-refractivity contribution in [3.05, 3.63) is 22.2 Å². The predicted octanol–water partition coefficient (Wildman–Crippen LogP) is 1.42. The molecule has 1 rings (SSSR count). The van der Waals surface area contributed by atoms with E-state index in [1.807, 2.05) is 0 Å². The second-order valence-electron chi connectivity index (χ2n) is 3.54. The summed E-state index contributed by atoms with van der Waals surface area (Å²) >= 11 is 11.6. The smallest absolute Gasteiger partial charge is 0.306 e. The molecule has 0 amide bonds. The Morgan fingerprint density at radius 3 is 2.37 bits per heavy atom. The molecule has 3 N–H and O–H groups in total. The lowest BCUT2D eigenvalue weighted by molar-refractivity contribution is -0.140. The number of hydrogen-bond acceptors (Lipinski definition) is 5. The molecule has 0 aliphatic rings. The maximum atomic E-state index is 12.0. The summed E-state index contributed by atoms with van der Waals surface area (Å²) in [5.41, 5.74) is 5.74. The van der Waals surface area contributed by atoms with Gasteiger partial charge in [0.15, 0.2) is 0 Å². The topological polar surface area (TPSA) is 98.5 Å². The minimum Gasteiger partial charge on any atom is -0.469 e. The van der Waals surface area contributed by atoms with E-state index in [1.165, 1.54) is 19.2 Å². The maximum Gasteiger partial charge on any atom is 0.306 e. The van der Waals surface area contributed by atoms with E-state index in [1.54, 1.807) is 0 Å². The van der Waals surface area contributed by atoms with Crippen LogP contribution in [0.15, 0.2) is 17.0 Å². The lowest BCUT2D eigenvalue weighted by Crippen LogP contribution is -2.27. The number of ether oxygens (including phenoxy) is 1. The Kier molecular flexibility index (Phi) is 5.42. The predicted molar refractivity (Wildman–Crippen MR) is 72.7 cm³/mol. The molecule has 1 aromatic carbocycles. The van der Waals surface area contributed by atoms with Gasteiger partial charge in [-0.3, -0.25) is 4.79 Å². The fraction of sp³-hybridized carbons (Fsp3) is 0.300. The van der Waals surface area contributed by atoms with Crippen molar-refractivity contribution in [1.82, 2.24) is 4.72 Å². The highest BCUT2D eigenvalue weighted by molar-refractivity contribution is 7.89. The van der Waals surface area contributed by atoms with E-state index in [4.69, 9.17) is 28.9 Å². The lowest BCUT2D eigenvalue weighted by Gasteiger charge is -2.10. The number of methoxy groups -OCH3 is 1. The van der Waals surface area contributed by atoms with Crippen LogP contribution in [0.4, 0.5) is 5.69 Å². The number of nitrogens with one attached hydrogen (secondary N) is 1. The number of carbonyl (C=O) groups excluding carboxylic acids is 1. The lowest BCUT2D eigenvalue weighted by atomic mass is 10.3. The molecular formula is C10H12Cl2N2O4S. The molecule has 106 valence electrons. The van der Waals surface area contributed by atoms with E-state index in [-0.39, 0.29) is 33.6 Å². The molecule has 0 saturated heterocycles. The summed E-state index contributed by atoms with van der Waals surface area (Å²) < 4.78 is 30.6. The van der Waals surface area contributed by atoms with E-state index < -0.39 is 16.0 Å². The summed E-state index contributed by atoms with van der Waals surface area (Å²) in [4.78, 5) is 10.6. The van der Waals surface area contributed by atoms with Crippen LogP contribution >= 0.6 is 23.2 Å². The zero-order valence-corrected chi connectivity index (χ0v) is 12.3. The van der Waals surface area contributed by atoms with Crippen molar-refractivity contribution in [2.75, 3.05) is 19.4 Å². The second-order valence-corrected chi connectivity index (χ2v) is 6.06. The molecule has 0 saturated carbocycles. The minimum absolute atomic E-state index is 0.0874. The van der Waals surface area contributed by atoms with E-state index in [2.05, 4.69) is 9.46 Å². The Hall–Kier alpha value is -1.02. The first kappa shape index (κ1) is 16.0. The number of benzene rings is 1.